The lowest BCUT2D eigenvalue weighted by atomic mass is 10.1. The molecule has 88 valence electrons. The lowest BCUT2D eigenvalue weighted by Gasteiger charge is -1.97. The number of nitrogens with one attached hydrogen (secondary N) is 1. The fourth-order valence-electron chi connectivity index (χ4n) is 0.861. The number of aryl methyl sites for hydroxylation is 1. The molecule has 0 bridgehead atoms. The van der Waals surface area contributed by atoms with Crippen molar-refractivity contribution in [2.24, 2.45) is 0 Å². The second-order valence-corrected chi connectivity index (χ2v) is 3.34. The van der Waals surface area contributed by atoms with E-state index in [1.807, 2.05) is 10.9 Å². The van der Waals surface area contributed by atoms with Gasteiger partial charge in [-0.15, -0.1) is 0 Å². The van der Waals surface area contributed by atoms with Gasteiger partial charge in [0, 0.05) is 12.7 Å². The van der Waals surface area contributed by atoms with Crippen LogP contribution in [0.3, 0.4) is 0 Å². The van der Waals surface area contributed by atoms with Crippen molar-refractivity contribution >= 4 is 0 Å². The maximum Gasteiger partial charge on any atom is 0.292 e. The van der Waals surface area contributed by atoms with E-state index in [2.05, 4.69) is 31.9 Å². The van der Waals surface area contributed by atoms with Crippen LogP contribution in [-0.2, 0) is 6.54 Å². The molecule has 1 N–H and O–H groups in total. The Kier molecular flexibility index (Phi) is 6.86. The monoisotopic (exact) mass is 219 g/mol. The van der Waals surface area contributed by atoms with E-state index in [1.165, 1.54) is 12.7 Å². The molecule has 0 aliphatic heterocycles. The van der Waals surface area contributed by atoms with Crippen molar-refractivity contribution in [3.05, 3.63) is 18.0 Å². The summed E-state index contributed by atoms with van der Waals surface area (Å²) in [6, 6.07) is 2.08. The molecule has 0 aliphatic rings. The smallest absolute Gasteiger partial charge is 0.273 e. The van der Waals surface area contributed by atoms with Crippen LogP contribution in [0, 0.1) is 0 Å². The summed E-state index contributed by atoms with van der Waals surface area (Å²) in [6.45, 7) is 5.00. The molecule has 0 saturated carbocycles. The van der Waals surface area contributed by atoms with Gasteiger partial charge in [-0.05, 0) is 26.0 Å². The van der Waals surface area contributed by atoms with E-state index in [9.17, 15) is 8.78 Å². The average Bonchev–Trinajstić information content (AvgIpc) is 2.67. The van der Waals surface area contributed by atoms with Crippen LogP contribution in [0.25, 0.3) is 0 Å². The minimum absolute atomic E-state index is 0.549. The van der Waals surface area contributed by atoms with E-state index in [0.717, 1.165) is 6.54 Å². The van der Waals surface area contributed by atoms with E-state index in [-0.39, 0.29) is 0 Å². The number of aromatic nitrogens is 2. The first-order valence-corrected chi connectivity index (χ1v) is 5.00. The molecular weight excluding hydrogens is 200 g/mol. The van der Waals surface area contributed by atoms with Crippen LogP contribution in [0.15, 0.2) is 12.3 Å². The summed E-state index contributed by atoms with van der Waals surface area (Å²) < 4.78 is 23.3. The quantitative estimate of drug-likeness (QED) is 0.791. The largest absolute Gasteiger partial charge is 0.292 e. The zero-order valence-corrected chi connectivity index (χ0v) is 9.67. The lowest BCUT2D eigenvalue weighted by molar-refractivity contribution is 0.118. The molecule has 0 aromatic carbocycles. The number of halogens is 2. The first-order valence-electron chi connectivity index (χ1n) is 5.00. The molecule has 0 aliphatic carbocycles. The number of rotatable bonds is 3. The lowest BCUT2D eigenvalue weighted by Crippen LogP contribution is -2.12. The third-order valence-electron chi connectivity index (χ3n) is 1.80. The highest BCUT2D eigenvalue weighted by Gasteiger charge is 2.00. The molecular formula is C10H19F2N3. The molecule has 1 aromatic rings. The van der Waals surface area contributed by atoms with Gasteiger partial charge in [-0.25, -0.2) is 0 Å². The minimum Gasteiger partial charge on any atom is -0.273 e. The number of alkyl halides is 2. The molecule has 0 amide bonds. The molecule has 0 atom stereocenters. The van der Waals surface area contributed by atoms with Gasteiger partial charge < -0.3 is 0 Å². The fraction of sp³-hybridized carbons (Fsp3) is 0.700. The Morgan fingerprint density at radius 2 is 2.00 bits per heavy atom. The van der Waals surface area contributed by atoms with Gasteiger partial charge in [0.15, 0.2) is 0 Å². The molecule has 0 radical (unpaired) electrons. The van der Waals surface area contributed by atoms with Crippen molar-refractivity contribution in [1.29, 1.82) is 0 Å². The van der Waals surface area contributed by atoms with Crippen LogP contribution in [0.4, 0.5) is 8.78 Å². The summed E-state index contributed by atoms with van der Waals surface area (Å²) in [4.78, 5) is 0. The third-order valence-corrected chi connectivity index (χ3v) is 1.80. The Bertz CT molecular complexity index is 259. The van der Waals surface area contributed by atoms with Gasteiger partial charge >= 0.3 is 0 Å². The Morgan fingerprint density at radius 3 is 2.20 bits per heavy atom. The second-order valence-electron chi connectivity index (χ2n) is 3.34. The van der Waals surface area contributed by atoms with E-state index < -0.39 is 6.55 Å². The predicted octanol–water partition coefficient (Wildman–Crippen LogP) is 2.45. The van der Waals surface area contributed by atoms with Crippen molar-refractivity contribution < 1.29 is 8.78 Å². The molecule has 15 heavy (non-hydrogen) atoms. The number of hydrogen-bond acceptors (Lipinski definition) is 2. The Hall–Kier alpha value is -0.970. The fourth-order valence-corrected chi connectivity index (χ4v) is 0.861. The van der Waals surface area contributed by atoms with Crippen molar-refractivity contribution in [2.45, 2.75) is 39.8 Å². The first-order chi connectivity index (χ1) is 7.01. The zero-order valence-electron chi connectivity index (χ0n) is 9.67. The van der Waals surface area contributed by atoms with E-state index in [1.54, 1.807) is 5.32 Å². The Morgan fingerprint density at radius 1 is 1.47 bits per heavy atom. The highest BCUT2D eigenvalue weighted by molar-refractivity contribution is 5.03. The summed E-state index contributed by atoms with van der Waals surface area (Å²) in [7, 11) is 1.20. The van der Waals surface area contributed by atoms with Crippen LogP contribution in [0.1, 0.15) is 32.4 Å². The highest BCUT2D eigenvalue weighted by Crippen LogP contribution is 2.09. The van der Waals surface area contributed by atoms with Gasteiger partial charge in [0.25, 0.3) is 6.55 Å². The molecule has 1 rings (SSSR count). The number of hydrogen-bond donors (Lipinski definition) is 1. The SMILES string of the molecule is CCn1ccc(C(C)C)n1.CNC(F)F. The molecule has 5 heteroatoms. The summed E-state index contributed by atoms with van der Waals surface area (Å²) in [6.07, 6.45) is 2.02. The molecule has 1 aromatic heterocycles. The molecule has 0 spiro atoms. The van der Waals surface area contributed by atoms with Gasteiger partial charge in [0.05, 0.1) is 5.69 Å². The summed E-state index contributed by atoms with van der Waals surface area (Å²) in [5.41, 5.74) is 1.18. The van der Waals surface area contributed by atoms with Crippen LogP contribution < -0.4 is 5.32 Å². The molecule has 3 nitrogen and oxygen atoms in total. The van der Waals surface area contributed by atoms with Gasteiger partial charge in [0.2, 0.25) is 0 Å². The second kappa shape index (κ2) is 7.34. The molecule has 0 fully saturated rings. The highest BCUT2D eigenvalue weighted by atomic mass is 19.3. The van der Waals surface area contributed by atoms with E-state index in [0.29, 0.717) is 5.92 Å². The van der Waals surface area contributed by atoms with Crippen molar-refractivity contribution in [1.82, 2.24) is 15.1 Å². The van der Waals surface area contributed by atoms with Crippen molar-refractivity contribution in [3.8, 4) is 0 Å². The third kappa shape index (κ3) is 6.17. The van der Waals surface area contributed by atoms with Crippen molar-refractivity contribution in [2.75, 3.05) is 7.05 Å². The maximum atomic E-state index is 10.7. The van der Waals surface area contributed by atoms with Gasteiger partial charge in [-0.1, -0.05) is 13.8 Å². The summed E-state index contributed by atoms with van der Waals surface area (Å²) >= 11 is 0. The topological polar surface area (TPSA) is 29.9 Å². The predicted molar refractivity (Wildman–Crippen MR) is 57.1 cm³/mol. The number of nitrogens with zero attached hydrogens (tertiary/aromatic N) is 2. The van der Waals surface area contributed by atoms with Crippen LogP contribution in [0.5, 0.6) is 0 Å². The molecule has 0 unspecified atom stereocenters. The average molecular weight is 219 g/mol. The van der Waals surface area contributed by atoms with Gasteiger partial charge in [-0.3, -0.25) is 10.00 Å². The van der Waals surface area contributed by atoms with Gasteiger partial charge in [0.1, 0.15) is 0 Å². The zero-order chi connectivity index (χ0) is 11.8. The standard InChI is InChI=1S/C8H14N2.C2H5F2N/c1-4-10-6-5-8(9-10)7(2)3;1-5-2(3)4/h5-7H,4H2,1-3H3;2,5H,1H3. The van der Waals surface area contributed by atoms with Crippen LogP contribution >= 0.6 is 0 Å². The minimum atomic E-state index is -2.37. The molecule has 0 saturated heterocycles. The van der Waals surface area contributed by atoms with Crippen LogP contribution in [0.2, 0.25) is 0 Å². The first kappa shape index (κ1) is 14.0. The van der Waals surface area contributed by atoms with Crippen molar-refractivity contribution in [3.63, 3.8) is 0 Å². The van der Waals surface area contributed by atoms with E-state index >= 15 is 0 Å². The molecule has 1 heterocycles. The van der Waals surface area contributed by atoms with E-state index in [4.69, 9.17) is 0 Å². The Labute approximate surface area is 89.5 Å². The normalized spacial score (nSPS) is 10.4. The van der Waals surface area contributed by atoms with Crippen LogP contribution in [-0.4, -0.2) is 23.4 Å². The Balaban J connectivity index is 0.000000336. The maximum absolute atomic E-state index is 10.7. The summed E-state index contributed by atoms with van der Waals surface area (Å²) in [5.74, 6) is 0.549. The summed E-state index contributed by atoms with van der Waals surface area (Å²) in [5, 5.41) is 6.04. The van der Waals surface area contributed by atoms with Gasteiger partial charge in [-0.2, -0.15) is 13.9 Å².